The molecule has 0 aliphatic heterocycles. The smallest absolute Gasteiger partial charge is 0.263 e. The number of rotatable bonds is 6. The van der Waals surface area contributed by atoms with E-state index in [0.29, 0.717) is 33.1 Å². The second-order valence-corrected chi connectivity index (χ2v) is 6.68. The summed E-state index contributed by atoms with van der Waals surface area (Å²) in [6.07, 6.45) is 2.29. The minimum absolute atomic E-state index is 0.122. The Morgan fingerprint density at radius 1 is 1.26 bits per heavy atom. The zero-order chi connectivity index (χ0) is 19.4. The van der Waals surface area contributed by atoms with Gasteiger partial charge in [0.1, 0.15) is 11.6 Å². The number of benzene rings is 1. The van der Waals surface area contributed by atoms with Crippen molar-refractivity contribution in [2.45, 2.75) is 20.3 Å². The molecule has 6 nitrogen and oxygen atoms in total. The van der Waals surface area contributed by atoms with Crippen LogP contribution in [-0.4, -0.2) is 27.3 Å². The highest BCUT2D eigenvalue weighted by molar-refractivity contribution is 6.35. The highest BCUT2D eigenvalue weighted by Gasteiger charge is 2.15. The molecule has 0 aliphatic carbocycles. The van der Waals surface area contributed by atoms with Crippen molar-refractivity contribution in [1.29, 1.82) is 0 Å². The van der Waals surface area contributed by atoms with E-state index >= 15 is 0 Å². The van der Waals surface area contributed by atoms with Crippen LogP contribution in [-0.2, 0) is 11.2 Å². The van der Waals surface area contributed by atoms with Gasteiger partial charge in [0.25, 0.3) is 5.91 Å². The average Bonchev–Trinajstić information content (AvgIpc) is 3.00. The van der Waals surface area contributed by atoms with Crippen LogP contribution in [0.5, 0.6) is 5.75 Å². The van der Waals surface area contributed by atoms with Crippen molar-refractivity contribution in [3.8, 4) is 11.6 Å². The second-order valence-electron chi connectivity index (χ2n) is 5.84. The summed E-state index contributed by atoms with van der Waals surface area (Å²) in [6, 6.07) is 10.9. The Morgan fingerprint density at radius 2 is 2.04 bits per heavy atom. The fourth-order valence-corrected chi connectivity index (χ4v) is 3.03. The first kappa shape index (κ1) is 19.2. The molecule has 0 atom stereocenters. The topological polar surface area (TPSA) is 69.0 Å². The monoisotopic (exact) mass is 404 g/mol. The van der Waals surface area contributed by atoms with Gasteiger partial charge in [-0.05, 0) is 31.0 Å². The van der Waals surface area contributed by atoms with Crippen LogP contribution >= 0.6 is 23.2 Å². The third kappa shape index (κ3) is 4.59. The average molecular weight is 405 g/mol. The Bertz CT molecular complexity index is 972. The highest BCUT2D eigenvalue weighted by atomic mass is 35.5. The summed E-state index contributed by atoms with van der Waals surface area (Å²) in [4.78, 5) is 16.6. The molecule has 0 radical (unpaired) electrons. The molecule has 0 unspecified atom stereocenters. The predicted octanol–water partition coefficient (Wildman–Crippen LogP) is 4.46. The van der Waals surface area contributed by atoms with E-state index < -0.39 is 0 Å². The minimum Gasteiger partial charge on any atom is -0.483 e. The number of hydrogen-bond donors (Lipinski definition) is 1. The molecular weight excluding hydrogens is 387 g/mol. The maximum atomic E-state index is 12.4. The number of ether oxygens (including phenoxy) is 1. The molecule has 0 saturated carbocycles. The number of para-hydroxylation sites is 1. The van der Waals surface area contributed by atoms with E-state index in [1.807, 2.05) is 38.1 Å². The van der Waals surface area contributed by atoms with Gasteiger partial charge in [-0.2, -0.15) is 9.78 Å². The number of halogens is 2. The van der Waals surface area contributed by atoms with Crippen molar-refractivity contribution in [3.63, 3.8) is 0 Å². The van der Waals surface area contributed by atoms with Crippen LogP contribution in [0.3, 0.4) is 0 Å². The number of pyridine rings is 1. The van der Waals surface area contributed by atoms with E-state index in [0.717, 1.165) is 12.0 Å². The molecule has 0 bridgehead atoms. The minimum atomic E-state index is -0.313. The van der Waals surface area contributed by atoms with Gasteiger partial charge in [-0.1, -0.05) is 48.3 Å². The van der Waals surface area contributed by atoms with Crippen molar-refractivity contribution >= 4 is 34.9 Å². The van der Waals surface area contributed by atoms with Crippen LogP contribution < -0.4 is 10.1 Å². The number of carbonyl (C=O) groups is 1. The number of amides is 1. The summed E-state index contributed by atoms with van der Waals surface area (Å²) < 4.78 is 7.12. The van der Waals surface area contributed by atoms with Gasteiger partial charge in [-0.15, -0.1) is 0 Å². The van der Waals surface area contributed by atoms with Gasteiger partial charge in [-0.3, -0.25) is 4.79 Å². The van der Waals surface area contributed by atoms with Crippen LogP contribution in [0.4, 0.5) is 5.82 Å². The van der Waals surface area contributed by atoms with Gasteiger partial charge in [0.15, 0.2) is 12.4 Å². The molecule has 8 heteroatoms. The molecule has 2 aromatic heterocycles. The molecule has 0 aliphatic rings. The van der Waals surface area contributed by atoms with Gasteiger partial charge >= 0.3 is 0 Å². The third-order valence-electron chi connectivity index (χ3n) is 3.80. The number of anilines is 1. The molecule has 140 valence electrons. The molecule has 2 heterocycles. The van der Waals surface area contributed by atoms with E-state index in [1.54, 1.807) is 12.1 Å². The molecular formula is C19H18Cl2N4O2. The molecule has 1 amide bonds. The summed E-state index contributed by atoms with van der Waals surface area (Å²) in [5, 5.41) is 7.87. The van der Waals surface area contributed by atoms with Gasteiger partial charge in [0.2, 0.25) is 0 Å². The van der Waals surface area contributed by atoms with Gasteiger partial charge in [-0.25, -0.2) is 4.98 Å². The van der Waals surface area contributed by atoms with Gasteiger partial charge in [0, 0.05) is 12.3 Å². The van der Waals surface area contributed by atoms with Crippen molar-refractivity contribution in [2.75, 3.05) is 11.9 Å². The van der Waals surface area contributed by atoms with E-state index in [1.165, 1.54) is 10.9 Å². The molecule has 3 aromatic rings. The lowest BCUT2D eigenvalue weighted by atomic mass is 10.1. The van der Waals surface area contributed by atoms with Crippen LogP contribution in [0.1, 0.15) is 18.2 Å². The van der Waals surface area contributed by atoms with Gasteiger partial charge < -0.3 is 10.1 Å². The number of aromatic nitrogens is 3. The Labute approximate surface area is 167 Å². The largest absolute Gasteiger partial charge is 0.483 e. The van der Waals surface area contributed by atoms with Crippen molar-refractivity contribution in [2.24, 2.45) is 0 Å². The Balaban J connectivity index is 1.75. The standard InChI is InChI=1S/C19H18Cl2N4O2/c1-3-13-6-4-5-7-16(13)27-11-18(26)23-17-8-12(2)24-25(17)19-15(21)9-14(20)10-22-19/h4-10H,3,11H2,1-2H3,(H,23,26). The number of hydrogen-bond acceptors (Lipinski definition) is 4. The number of carbonyl (C=O) groups excluding carboxylic acids is 1. The lowest BCUT2D eigenvalue weighted by molar-refractivity contribution is -0.118. The third-order valence-corrected chi connectivity index (χ3v) is 4.29. The quantitative estimate of drug-likeness (QED) is 0.658. The number of nitrogens with zero attached hydrogens (tertiary/aromatic N) is 3. The first-order valence-corrected chi connectivity index (χ1v) is 9.12. The van der Waals surface area contributed by atoms with Crippen LogP contribution in [0.15, 0.2) is 42.6 Å². The summed E-state index contributed by atoms with van der Waals surface area (Å²) >= 11 is 12.1. The SMILES string of the molecule is CCc1ccccc1OCC(=O)Nc1cc(C)nn1-c1ncc(Cl)cc1Cl. The van der Waals surface area contributed by atoms with Gasteiger partial charge in [0.05, 0.1) is 15.7 Å². The van der Waals surface area contributed by atoms with E-state index in [2.05, 4.69) is 15.4 Å². The normalized spacial score (nSPS) is 10.7. The highest BCUT2D eigenvalue weighted by Crippen LogP contribution is 2.25. The summed E-state index contributed by atoms with van der Waals surface area (Å²) in [5.74, 6) is 1.21. The molecule has 1 N–H and O–H groups in total. The number of nitrogens with one attached hydrogen (secondary N) is 1. The molecule has 1 aromatic carbocycles. The summed E-state index contributed by atoms with van der Waals surface area (Å²) in [6.45, 7) is 3.72. The Morgan fingerprint density at radius 3 is 2.78 bits per heavy atom. The molecule has 3 rings (SSSR count). The van der Waals surface area contributed by atoms with Crippen LogP contribution in [0.25, 0.3) is 5.82 Å². The van der Waals surface area contributed by atoms with Crippen LogP contribution in [0, 0.1) is 6.92 Å². The lowest BCUT2D eigenvalue weighted by Crippen LogP contribution is -2.22. The molecule has 0 saturated heterocycles. The zero-order valence-electron chi connectivity index (χ0n) is 14.9. The van der Waals surface area contributed by atoms with Crippen molar-refractivity contribution < 1.29 is 9.53 Å². The molecule has 0 spiro atoms. The maximum Gasteiger partial charge on any atom is 0.263 e. The van der Waals surface area contributed by atoms with Crippen LogP contribution in [0.2, 0.25) is 10.0 Å². The van der Waals surface area contributed by atoms with Crippen molar-refractivity contribution in [1.82, 2.24) is 14.8 Å². The fourth-order valence-electron chi connectivity index (χ4n) is 2.57. The van der Waals surface area contributed by atoms with E-state index in [4.69, 9.17) is 27.9 Å². The first-order chi connectivity index (χ1) is 13.0. The van der Waals surface area contributed by atoms with E-state index in [9.17, 15) is 4.79 Å². The predicted molar refractivity (Wildman–Crippen MR) is 106 cm³/mol. The zero-order valence-corrected chi connectivity index (χ0v) is 16.4. The molecule has 0 fully saturated rings. The lowest BCUT2D eigenvalue weighted by Gasteiger charge is -2.12. The second kappa shape index (κ2) is 8.41. The molecule has 27 heavy (non-hydrogen) atoms. The first-order valence-electron chi connectivity index (χ1n) is 8.36. The van der Waals surface area contributed by atoms with Crippen molar-refractivity contribution in [3.05, 3.63) is 63.9 Å². The Hall–Kier alpha value is -2.57. The number of aryl methyl sites for hydroxylation is 2. The van der Waals surface area contributed by atoms with E-state index in [-0.39, 0.29) is 12.5 Å². The Kier molecular flexibility index (Phi) is 5.98. The summed E-state index contributed by atoms with van der Waals surface area (Å²) in [7, 11) is 0. The maximum absolute atomic E-state index is 12.4. The summed E-state index contributed by atoms with van der Waals surface area (Å²) in [5.41, 5.74) is 1.75. The fraction of sp³-hybridized carbons (Fsp3) is 0.211.